The van der Waals surface area contributed by atoms with E-state index in [1.165, 1.54) is 14.2 Å². The van der Waals surface area contributed by atoms with E-state index in [1.54, 1.807) is 30.0 Å². The quantitative estimate of drug-likeness (QED) is 0.589. The van der Waals surface area contributed by atoms with E-state index < -0.39 is 30.3 Å². The fourth-order valence-electron chi connectivity index (χ4n) is 4.70. The summed E-state index contributed by atoms with van der Waals surface area (Å²) in [5.41, 5.74) is 0.573. The van der Waals surface area contributed by atoms with Crippen molar-refractivity contribution in [1.29, 1.82) is 0 Å². The number of anilines is 1. The first-order valence-electron chi connectivity index (χ1n) is 12.0. The van der Waals surface area contributed by atoms with Crippen LogP contribution in [0.1, 0.15) is 54.2 Å². The number of nitrogens with zero attached hydrogens (tertiary/aromatic N) is 3. The molecule has 2 aliphatic rings. The summed E-state index contributed by atoms with van der Waals surface area (Å²) in [6.45, 7) is 2.82. The molecule has 0 spiro atoms. The number of nitrogens with one attached hydrogen (secondary N) is 2. The lowest BCUT2D eigenvalue weighted by Gasteiger charge is -2.34. The Kier molecular flexibility index (Phi) is 7.69. The first-order chi connectivity index (χ1) is 17.7. The second-order valence-electron chi connectivity index (χ2n) is 8.89. The van der Waals surface area contributed by atoms with Crippen LogP contribution in [0, 0.1) is 0 Å². The number of hydrogen-bond donors (Lipinski definition) is 2. The highest BCUT2D eigenvalue weighted by Gasteiger charge is 2.47. The number of benzene rings is 1. The molecule has 2 amide bonds. The van der Waals surface area contributed by atoms with E-state index in [1.807, 2.05) is 0 Å². The van der Waals surface area contributed by atoms with Gasteiger partial charge in [0.25, 0.3) is 5.91 Å². The maximum atomic E-state index is 14.0. The molecule has 1 aromatic heterocycles. The van der Waals surface area contributed by atoms with Gasteiger partial charge in [-0.3, -0.25) is 4.79 Å². The zero-order valence-electron chi connectivity index (χ0n) is 20.8. The van der Waals surface area contributed by atoms with Crippen molar-refractivity contribution in [2.75, 3.05) is 39.2 Å². The minimum absolute atomic E-state index is 0.00480. The number of carbonyl (C=O) groups is 2. The van der Waals surface area contributed by atoms with Crippen LogP contribution in [0.25, 0.3) is 0 Å². The van der Waals surface area contributed by atoms with Gasteiger partial charge in [-0.25, -0.2) is 9.48 Å². The Balaban J connectivity index is 1.54. The normalized spacial score (nSPS) is 20.0. The molecular weight excluding hydrogens is 495 g/mol. The van der Waals surface area contributed by atoms with Gasteiger partial charge in [0.2, 0.25) is 0 Å². The monoisotopic (exact) mass is 525 g/mol. The molecule has 3 heterocycles. The van der Waals surface area contributed by atoms with Gasteiger partial charge < -0.3 is 29.7 Å². The van der Waals surface area contributed by atoms with Crippen molar-refractivity contribution in [2.24, 2.45) is 0 Å². The number of fused-ring (bicyclic) bond motifs is 1. The lowest BCUT2D eigenvalue weighted by atomic mass is 9.96. The van der Waals surface area contributed by atoms with Crippen LogP contribution in [-0.4, -0.2) is 72.8 Å². The van der Waals surface area contributed by atoms with Gasteiger partial charge in [0.1, 0.15) is 11.4 Å². The number of piperidine rings is 1. The summed E-state index contributed by atoms with van der Waals surface area (Å²) < 4.78 is 58.5. The number of likely N-dealkylation sites (tertiary alicyclic amines) is 1. The summed E-state index contributed by atoms with van der Waals surface area (Å²) in [6, 6.07) is 1.99. The Hall–Kier alpha value is -3.64. The Morgan fingerprint density at radius 3 is 2.49 bits per heavy atom. The summed E-state index contributed by atoms with van der Waals surface area (Å²) in [5, 5.41) is 9.88. The third-order valence-corrected chi connectivity index (χ3v) is 6.65. The van der Waals surface area contributed by atoms with Gasteiger partial charge in [-0.2, -0.15) is 18.3 Å². The van der Waals surface area contributed by atoms with Crippen LogP contribution in [0.15, 0.2) is 24.4 Å². The van der Waals surface area contributed by atoms with Gasteiger partial charge in [-0.15, -0.1) is 0 Å². The van der Waals surface area contributed by atoms with E-state index in [0.29, 0.717) is 43.0 Å². The van der Waals surface area contributed by atoms with Gasteiger partial charge in [0.05, 0.1) is 33.1 Å². The standard InChI is InChI=1S/C24H30F3N5O5/c1-4-37-23(34)31-9-7-15(8-10-31)29-22(33)16-13-28-32-20(24(25,26)27)12-17(30-21(16)32)14-5-6-18(35-2)19(11-14)36-3/h5-6,11,13,15,17,20,30H,4,7-10,12H2,1-3H3,(H,29,33). The summed E-state index contributed by atoms with van der Waals surface area (Å²) in [5.74, 6) is 0.303. The number of aromatic nitrogens is 2. The molecule has 1 aromatic carbocycles. The lowest BCUT2D eigenvalue weighted by molar-refractivity contribution is -0.173. The zero-order chi connectivity index (χ0) is 26.7. The van der Waals surface area contributed by atoms with E-state index in [2.05, 4.69) is 15.7 Å². The number of amides is 2. The van der Waals surface area contributed by atoms with Crippen LogP contribution in [0.5, 0.6) is 11.5 Å². The molecular formula is C24H30F3N5O5. The molecule has 2 unspecified atom stereocenters. The SMILES string of the molecule is CCOC(=O)N1CCC(NC(=O)c2cnn3c2NC(c2ccc(OC)c(OC)c2)CC3C(F)(F)F)CC1. The molecule has 0 radical (unpaired) electrons. The molecule has 2 aliphatic heterocycles. The van der Waals surface area contributed by atoms with Crippen LogP contribution in [0.2, 0.25) is 0 Å². The second kappa shape index (κ2) is 10.8. The minimum Gasteiger partial charge on any atom is -0.493 e. The average molecular weight is 526 g/mol. The number of halogens is 3. The molecule has 2 aromatic rings. The molecule has 0 bridgehead atoms. The van der Waals surface area contributed by atoms with Crippen LogP contribution >= 0.6 is 0 Å². The molecule has 2 N–H and O–H groups in total. The van der Waals surface area contributed by atoms with E-state index in [9.17, 15) is 22.8 Å². The first-order valence-corrected chi connectivity index (χ1v) is 12.0. The van der Waals surface area contributed by atoms with Crippen molar-refractivity contribution in [3.05, 3.63) is 35.5 Å². The Labute approximate surface area is 212 Å². The Morgan fingerprint density at radius 2 is 1.86 bits per heavy atom. The second-order valence-corrected chi connectivity index (χ2v) is 8.89. The van der Waals surface area contributed by atoms with Gasteiger partial charge in [0.15, 0.2) is 17.5 Å². The van der Waals surface area contributed by atoms with Crippen LogP contribution in [-0.2, 0) is 4.74 Å². The first kappa shape index (κ1) is 26.4. The summed E-state index contributed by atoms with van der Waals surface area (Å²) in [7, 11) is 2.92. The molecule has 13 heteroatoms. The highest BCUT2D eigenvalue weighted by Crippen LogP contribution is 2.45. The largest absolute Gasteiger partial charge is 0.493 e. The highest BCUT2D eigenvalue weighted by atomic mass is 19.4. The minimum atomic E-state index is -4.58. The zero-order valence-corrected chi connectivity index (χ0v) is 20.8. The van der Waals surface area contributed by atoms with Gasteiger partial charge >= 0.3 is 12.3 Å². The summed E-state index contributed by atoms with van der Waals surface area (Å²) in [6.07, 6.45) is -3.14. The van der Waals surface area contributed by atoms with Crippen molar-refractivity contribution in [3.63, 3.8) is 0 Å². The molecule has 10 nitrogen and oxygen atoms in total. The maximum absolute atomic E-state index is 14.0. The lowest BCUT2D eigenvalue weighted by Crippen LogP contribution is -2.46. The van der Waals surface area contributed by atoms with Crippen molar-refractivity contribution in [1.82, 2.24) is 20.0 Å². The Bertz CT molecular complexity index is 1130. The smallest absolute Gasteiger partial charge is 0.410 e. The molecule has 2 atom stereocenters. The number of carbonyl (C=O) groups excluding carboxylic acids is 2. The number of methoxy groups -OCH3 is 2. The molecule has 202 valence electrons. The summed E-state index contributed by atoms with van der Waals surface area (Å²) >= 11 is 0. The predicted octanol–water partition coefficient (Wildman–Crippen LogP) is 3.91. The molecule has 37 heavy (non-hydrogen) atoms. The third kappa shape index (κ3) is 5.54. The van der Waals surface area contributed by atoms with Gasteiger partial charge in [0, 0.05) is 25.6 Å². The van der Waals surface area contributed by atoms with Crippen molar-refractivity contribution in [3.8, 4) is 11.5 Å². The third-order valence-electron chi connectivity index (χ3n) is 6.65. The fourth-order valence-corrected chi connectivity index (χ4v) is 4.70. The molecule has 0 saturated carbocycles. The fraction of sp³-hybridized carbons (Fsp3) is 0.542. The summed E-state index contributed by atoms with van der Waals surface area (Å²) in [4.78, 5) is 26.6. The number of hydrogen-bond acceptors (Lipinski definition) is 7. The maximum Gasteiger partial charge on any atom is 0.410 e. The molecule has 1 saturated heterocycles. The van der Waals surface area contributed by atoms with E-state index in [4.69, 9.17) is 14.2 Å². The van der Waals surface area contributed by atoms with E-state index in [-0.39, 0.29) is 30.5 Å². The molecule has 1 fully saturated rings. The molecule has 4 rings (SSSR count). The average Bonchev–Trinajstić information content (AvgIpc) is 3.31. The van der Waals surface area contributed by atoms with E-state index in [0.717, 1.165) is 10.9 Å². The number of ether oxygens (including phenoxy) is 3. The highest BCUT2D eigenvalue weighted by molar-refractivity contribution is 5.99. The van der Waals surface area contributed by atoms with Crippen LogP contribution in [0.3, 0.4) is 0 Å². The van der Waals surface area contributed by atoms with Crippen molar-refractivity contribution >= 4 is 17.8 Å². The molecule has 0 aliphatic carbocycles. The van der Waals surface area contributed by atoms with Gasteiger partial charge in [-0.1, -0.05) is 6.07 Å². The topological polar surface area (TPSA) is 107 Å². The Morgan fingerprint density at radius 1 is 1.16 bits per heavy atom. The number of alkyl halides is 3. The number of rotatable bonds is 6. The van der Waals surface area contributed by atoms with Crippen LogP contribution < -0.4 is 20.1 Å². The van der Waals surface area contributed by atoms with Crippen molar-refractivity contribution < 1.29 is 37.0 Å². The van der Waals surface area contributed by atoms with Crippen molar-refractivity contribution in [2.45, 2.75) is 50.5 Å². The van der Waals surface area contributed by atoms with Gasteiger partial charge in [-0.05, 0) is 37.5 Å². The predicted molar refractivity (Wildman–Crippen MR) is 127 cm³/mol. The van der Waals surface area contributed by atoms with E-state index >= 15 is 0 Å². The van der Waals surface area contributed by atoms with Crippen LogP contribution in [0.4, 0.5) is 23.8 Å².